The molecule has 0 aromatic heterocycles. The van der Waals surface area contributed by atoms with E-state index in [4.69, 9.17) is 14.6 Å². The number of benzene rings is 2. The normalized spacial score (nSPS) is 16.7. The van der Waals surface area contributed by atoms with E-state index in [1.165, 1.54) is 0 Å². The highest BCUT2D eigenvalue weighted by Gasteiger charge is 2.28. The van der Waals surface area contributed by atoms with Gasteiger partial charge in [0.05, 0.1) is 25.5 Å². The summed E-state index contributed by atoms with van der Waals surface area (Å²) in [6.07, 6.45) is 0.348. The Morgan fingerprint density at radius 3 is 2.73 bits per heavy atom. The molecule has 26 heavy (non-hydrogen) atoms. The first-order valence-electron chi connectivity index (χ1n) is 8.43. The molecule has 1 aliphatic rings. The molecule has 0 bridgehead atoms. The Morgan fingerprint density at radius 2 is 2.04 bits per heavy atom. The molecule has 6 heteroatoms. The number of hydrogen-bond donors (Lipinski definition) is 2. The van der Waals surface area contributed by atoms with Crippen molar-refractivity contribution in [2.45, 2.75) is 18.9 Å². The van der Waals surface area contributed by atoms with Gasteiger partial charge < -0.3 is 19.9 Å². The molecule has 1 amide bonds. The molecule has 0 saturated heterocycles. The molecular formula is C20H21NO5. The molecule has 1 heterocycles. The Kier molecular flexibility index (Phi) is 5.41. The van der Waals surface area contributed by atoms with Crippen molar-refractivity contribution in [3.63, 3.8) is 0 Å². The first kappa shape index (κ1) is 17.8. The van der Waals surface area contributed by atoms with Crippen LogP contribution in [0.3, 0.4) is 0 Å². The number of nitrogens with one attached hydrogen (secondary N) is 1. The van der Waals surface area contributed by atoms with Crippen molar-refractivity contribution in [3.05, 3.63) is 59.7 Å². The van der Waals surface area contributed by atoms with E-state index in [1.54, 1.807) is 7.11 Å². The maximum Gasteiger partial charge on any atom is 0.305 e. The van der Waals surface area contributed by atoms with Crippen LogP contribution in [0.5, 0.6) is 11.5 Å². The first-order valence-corrected chi connectivity index (χ1v) is 8.43. The van der Waals surface area contributed by atoms with E-state index in [0.29, 0.717) is 12.2 Å². The number of carbonyl (C=O) groups excluding carboxylic acids is 1. The zero-order chi connectivity index (χ0) is 18.5. The number of aliphatic carboxylic acids is 1. The van der Waals surface area contributed by atoms with Crippen LogP contribution in [0.2, 0.25) is 0 Å². The number of ether oxygens (including phenoxy) is 2. The molecular weight excluding hydrogens is 334 g/mol. The summed E-state index contributed by atoms with van der Waals surface area (Å²) in [6.45, 7) is 0.264. The number of carboxylic acid groups (broad SMARTS) is 1. The summed E-state index contributed by atoms with van der Waals surface area (Å²) in [4.78, 5) is 23.9. The van der Waals surface area contributed by atoms with Crippen LogP contribution in [0.15, 0.2) is 48.5 Å². The van der Waals surface area contributed by atoms with Crippen LogP contribution in [0.25, 0.3) is 0 Å². The SMILES string of the molecule is COc1ccc2c(c1)CC(C(=O)NC(CC(=O)O)c1ccccc1)CO2. The van der Waals surface area contributed by atoms with Gasteiger partial charge in [0.25, 0.3) is 0 Å². The van der Waals surface area contributed by atoms with Gasteiger partial charge in [-0.15, -0.1) is 0 Å². The lowest BCUT2D eigenvalue weighted by atomic mass is 9.94. The van der Waals surface area contributed by atoms with Gasteiger partial charge in [0.15, 0.2) is 0 Å². The lowest BCUT2D eigenvalue weighted by Crippen LogP contribution is -2.39. The quantitative estimate of drug-likeness (QED) is 0.832. The zero-order valence-corrected chi connectivity index (χ0v) is 14.5. The summed E-state index contributed by atoms with van der Waals surface area (Å²) in [5.41, 5.74) is 1.67. The van der Waals surface area contributed by atoms with Gasteiger partial charge in [-0.2, -0.15) is 0 Å². The van der Waals surface area contributed by atoms with Crippen molar-refractivity contribution >= 4 is 11.9 Å². The fourth-order valence-electron chi connectivity index (χ4n) is 3.07. The molecule has 2 unspecified atom stereocenters. The number of hydrogen-bond acceptors (Lipinski definition) is 4. The van der Waals surface area contributed by atoms with Gasteiger partial charge in [0.1, 0.15) is 18.1 Å². The molecule has 2 N–H and O–H groups in total. The van der Waals surface area contributed by atoms with Crippen molar-refractivity contribution in [3.8, 4) is 11.5 Å². The van der Waals surface area contributed by atoms with Gasteiger partial charge in [0, 0.05) is 0 Å². The third kappa shape index (κ3) is 4.14. The molecule has 2 aromatic rings. The Bertz CT molecular complexity index is 790. The topological polar surface area (TPSA) is 84.9 Å². The molecule has 0 saturated carbocycles. The molecule has 0 fully saturated rings. The minimum atomic E-state index is -0.964. The number of rotatable bonds is 6. The van der Waals surface area contributed by atoms with Crippen molar-refractivity contribution in [1.29, 1.82) is 0 Å². The van der Waals surface area contributed by atoms with Crippen LogP contribution in [-0.4, -0.2) is 30.7 Å². The number of carbonyl (C=O) groups is 2. The van der Waals surface area contributed by atoms with E-state index in [2.05, 4.69) is 5.32 Å². The summed E-state index contributed by atoms with van der Waals surface area (Å²) in [7, 11) is 1.59. The third-order valence-corrected chi connectivity index (χ3v) is 4.44. The minimum Gasteiger partial charge on any atom is -0.497 e. The number of carboxylic acids is 1. The molecule has 0 radical (unpaired) electrons. The van der Waals surface area contributed by atoms with E-state index in [-0.39, 0.29) is 24.9 Å². The lowest BCUT2D eigenvalue weighted by molar-refractivity contribution is -0.138. The van der Waals surface area contributed by atoms with Crippen LogP contribution >= 0.6 is 0 Å². The summed E-state index contributed by atoms with van der Waals surface area (Å²) in [5.74, 6) is -0.0984. The fourth-order valence-corrected chi connectivity index (χ4v) is 3.07. The average molecular weight is 355 g/mol. The largest absolute Gasteiger partial charge is 0.497 e. The van der Waals surface area contributed by atoms with Crippen molar-refractivity contribution < 1.29 is 24.2 Å². The van der Waals surface area contributed by atoms with E-state index in [9.17, 15) is 9.59 Å². The predicted molar refractivity (Wildman–Crippen MR) is 95.3 cm³/mol. The molecule has 3 rings (SSSR count). The van der Waals surface area contributed by atoms with Gasteiger partial charge in [-0.3, -0.25) is 9.59 Å². The monoisotopic (exact) mass is 355 g/mol. The first-order chi connectivity index (χ1) is 12.6. The number of fused-ring (bicyclic) bond motifs is 1. The molecule has 2 aromatic carbocycles. The van der Waals surface area contributed by atoms with Crippen LogP contribution < -0.4 is 14.8 Å². The molecule has 136 valence electrons. The number of amides is 1. The second-order valence-corrected chi connectivity index (χ2v) is 6.26. The van der Waals surface area contributed by atoms with Crippen molar-refractivity contribution in [1.82, 2.24) is 5.32 Å². The van der Waals surface area contributed by atoms with E-state index in [1.807, 2.05) is 48.5 Å². The second-order valence-electron chi connectivity index (χ2n) is 6.26. The van der Waals surface area contributed by atoms with Gasteiger partial charge >= 0.3 is 5.97 Å². The van der Waals surface area contributed by atoms with Crippen LogP contribution in [0, 0.1) is 5.92 Å². The van der Waals surface area contributed by atoms with Crippen LogP contribution in [0.4, 0.5) is 0 Å². The fraction of sp³-hybridized carbons (Fsp3) is 0.300. The summed E-state index contributed by atoms with van der Waals surface area (Å²) in [6, 6.07) is 14.1. The average Bonchev–Trinajstić information content (AvgIpc) is 2.66. The van der Waals surface area contributed by atoms with Gasteiger partial charge in [-0.25, -0.2) is 0 Å². The zero-order valence-electron chi connectivity index (χ0n) is 14.5. The van der Waals surface area contributed by atoms with Crippen molar-refractivity contribution in [2.75, 3.05) is 13.7 Å². The smallest absolute Gasteiger partial charge is 0.305 e. The van der Waals surface area contributed by atoms with Crippen LogP contribution in [-0.2, 0) is 16.0 Å². The van der Waals surface area contributed by atoms with E-state index < -0.39 is 12.0 Å². The summed E-state index contributed by atoms with van der Waals surface area (Å²) >= 11 is 0. The van der Waals surface area contributed by atoms with E-state index in [0.717, 1.165) is 16.9 Å². The third-order valence-electron chi connectivity index (χ3n) is 4.44. The lowest BCUT2D eigenvalue weighted by Gasteiger charge is -2.27. The standard InChI is InChI=1S/C20H21NO5/c1-25-16-7-8-18-14(10-16)9-15(12-26-18)20(24)21-17(11-19(22)23)13-5-3-2-4-6-13/h2-8,10,15,17H,9,11-12H2,1H3,(H,21,24)(H,22,23). The Balaban J connectivity index is 1.72. The maximum atomic E-state index is 12.7. The maximum absolute atomic E-state index is 12.7. The molecule has 6 nitrogen and oxygen atoms in total. The van der Waals surface area contributed by atoms with Gasteiger partial charge in [-0.05, 0) is 35.7 Å². The highest BCUT2D eigenvalue weighted by Crippen LogP contribution is 2.31. The van der Waals surface area contributed by atoms with E-state index >= 15 is 0 Å². The highest BCUT2D eigenvalue weighted by molar-refractivity contribution is 5.81. The van der Waals surface area contributed by atoms with Crippen LogP contribution in [0.1, 0.15) is 23.6 Å². The Morgan fingerprint density at radius 1 is 1.27 bits per heavy atom. The Labute approximate surface area is 151 Å². The summed E-state index contributed by atoms with van der Waals surface area (Å²) < 4.78 is 10.9. The highest BCUT2D eigenvalue weighted by atomic mass is 16.5. The molecule has 1 aliphatic heterocycles. The summed E-state index contributed by atoms with van der Waals surface area (Å²) in [5, 5.41) is 12.0. The second kappa shape index (κ2) is 7.91. The molecule has 0 aliphatic carbocycles. The van der Waals surface area contributed by atoms with Gasteiger partial charge in [0.2, 0.25) is 5.91 Å². The Hall–Kier alpha value is -3.02. The minimum absolute atomic E-state index is 0.173. The van der Waals surface area contributed by atoms with Crippen molar-refractivity contribution in [2.24, 2.45) is 5.92 Å². The molecule has 0 spiro atoms. The van der Waals surface area contributed by atoms with Gasteiger partial charge in [-0.1, -0.05) is 30.3 Å². The predicted octanol–water partition coefficient (Wildman–Crippen LogP) is 2.58. The molecule has 2 atom stereocenters. The number of methoxy groups -OCH3 is 1.